The van der Waals surface area contributed by atoms with E-state index in [1.807, 2.05) is 37.3 Å². The number of hydrogen-bond donors (Lipinski definition) is 2. The third-order valence-electron chi connectivity index (χ3n) is 3.11. The third-order valence-corrected chi connectivity index (χ3v) is 4.02. The van der Waals surface area contributed by atoms with Crippen LogP contribution in [-0.2, 0) is 4.79 Å². The topological polar surface area (TPSA) is 61.7 Å². The number of carbonyl (C=O) groups excluding carboxylic acids is 1. The van der Waals surface area contributed by atoms with Gasteiger partial charge in [-0.3, -0.25) is 4.79 Å². The molecule has 1 aliphatic rings. The molecule has 1 fully saturated rings. The minimum atomic E-state index is -0.150. The van der Waals surface area contributed by atoms with Crippen LogP contribution in [0, 0.1) is 6.92 Å². The molecule has 0 saturated carbocycles. The van der Waals surface area contributed by atoms with Crippen LogP contribution in [0.3, 0.4) is 0 Å². The first-order chi connectivity index (χ1) is 10.6. The van der Waals surface area contributed by atoms with Gasteiger partial charge in [0.1, 0.15) is 5.75 Å². The molecule has 22 heavy (non-hydrogen) atoms. The van der Waals surface area contributed by atoms with Crippen molar-refractivity contribution >= 4 is 34.6 Å². The number of hydrogen-bond acceptors (Lipinski definition) is 4. The minimum Gasteiger partial charge on any atom is -0.508 e. The molecule has 1 heterocycles. The molecular weight excluding hydrogens is 296 g/mol. The Hall–Kier alpha value is -2.53. The smallest absolute Gasteiger partial charge is 0.264 e. The van der Waals surface area contributed by atoms with Crippen LogP contribution in [0.5, 0.6) is 5.75 Å². The van der Waals surface area contributed by atoms with Crippen molar-refractivity contribution in [3.8, 4) is 5.75 Å². The second-order valence-corrected chi connectivity index (χ2v) is 5.94. The minimum absolute atomic E-state index is 0.150. The monoisotopic (exact) mass is 310 g/mol. The molecule has 0 unspecified atom stereocenters. The van der Waals surface area contributed by atoms with Crippen LogP contribution in [-0.4, -0.2) is 16.2 Å². The number of phenols is 1. The molecule has 0 radical (unpaired) electrons. The predicted molar refractivity (Wildman–Crippen MR) is 90.1 cm³/mol. The number of amidine groups is 1. The quantitative estimate of drug-likeness (QED) is 0.833. The van der Waals surface area contributed by atoms with Crippen LogP contribution >= 0.6 is 11.8 Å². The number of aliphatic imine (C=N–C) groups is 1. The SMILES string of the molecule is Cc1ccc(/C=C2\SC(=Nc3ccc(O)cc3)NC2=O)cc1. The number of nitrogens with one attached hydrogen (secondary N) is 1. The highest BCUT2D eigenvalue weighted by atomic mass is 32.2. The summed E-state index contributed by atoms with van der Waals surface area (Å²) in [7, 11) is 0. The van der Waals surface area contributed by atoms with Crippen molar-refractivity contribution < 1.29 is 9.90 Å². The fraction of sp³-hybridized carbons (Fsp3) is 0.0588. The van der Waals surface area contributed by atoms with Gasteiger partial charge in [-0.25, -0.2) is 4.99 Å². The highest BCUT2D eigenvalue weighted by molar-refractivity contribution is 8.18. The van der Waals surface area contributed by atoms with Crippen LogP contribution in [0.2, 0.25) is 0 Å². The van der Waals surface area contributed by atoms with Crippen LogP contribution in [0.25, 0.3) is 6.08 Å². The molecule has 4 nitrogen and oxygen atoms in total. The van der Waals surface area contributed by atoms with Crippen molar-refractivity contribution in [1.82, 2.24) is 5.32 Å². The van der Waals surface area contributed by atoms with Gasteiger partial charge in [-0.1, -0.05) is 29.8 Å². The maximum Gasteiger partial charge on any atom is 0.264 e. The van der Waals surface area contributed by atoms with E-state index in [0.29, 0.717) is 15.8 Å². The average Bonchev–Trinajstić information content (AvgIpc) is 2.84. The normalized spacial score (nSPS) is 18.0. The van der Waals surface area contributed by atoms with Crippen LogP contribution in [0.4, 0.5) is 5.69 Å². The molecule has 1 aliphatic heterocycles. The van der Waals surface area contributed by atoms with E-state index in [1.165, 1.54) is 17.3 Å². The first-order valence-electron chi connectivity index (χ1n) is 6.75. The van der Waals surface area contributed by atoms with E-state index in [9.17, 15) is 9.90 Å². The van der Waals surface area contributed by atoms with Gasteiger partial charge in [0.05, 0.1) is 10.6 Å². The summed E-state index contributed by atoms with van der Waals surface area (Å²) >= 11 is 1.30. The Labute approximate surface area is 132 Å². The highest BCUT2D eigenvalue weighted by Crippen LogP contribution is 2.28. The molecule has 0 spiro atoms. The van der Waals surface area contributed by atoms with Gasteiger partial charge in [-0.2, -0.15) is 0 Å². The fourth-order valence-electron chi connectivity index (χ4n) is 1.94. The van der Waals surface area contributed by atoms with Gasteiger partial charge in [-0.15, -0.1) is 0 Å². The maximum atomic E-state index is 12.0. The van der Waals surface area contributed by atoms with Gasteiger partial charge in [-0.05, 0) is 54.6 Å². The summed E-state index contributed by atoms with van der Waals surface area (Å²) in [6.45, 7) is 2.02. The van der Waals surface area contributed by atoms with Gasteiger partial charge < -0.3 is 10.4 Å². The summed E-state index contributed by atoms with van der Waals surface area (Å²) in [5.74, 6) is 0.0371. The molecule has 0 atom stereocenters. The Morgan fingerprint density at radius 1 is 1.09 bits per heavy atom. The number of rotatable bonds is 2. The summed E-state index contributed by atoms with van der Waals surface area (Å²) in [6.07, 6.45) is 1.85. The van der Waals surface area contributed by atoms with Crippen molar-refractivity contribution in [3.63, 3.8) is 0 Å². The lowest BCUT2D eigenvalue weighted by Crippen LogP contribution is -2.19. The Balaban J connectivity index is 1.80. The zero-order valence-electron chi connectivity index (χ0n) is 11.9. The number of phenolic OH excluding ortho intramolecular Hbond substituents is 1. The Kier molecular flexibility index (Phi) is 3.98. The standard InChI is InChI=1S/C17H14N2O2S/c1-11-2-4-12(5-3-11)10-15-16(21)19-17(22-15)18-13-6-8-14(20)9-7-13/h2-10,20H,1H3,(H,18,19,21)/b15-10-. The third kappa shape index (κ3) is 3.38. The first-order valence-corrected chi connectivity index (χ1v) is 7.57. The number of amides is 1. The maximum absolute atomic E-state index is 12.0. The van der Waals surface area contributed by atoms with Gasteiger partial charge in [0, 0.05) is 0 Å². The molecule has 0 bridgehead atoms. The van der Waals surface area contributed by atoms with Crippen molar-refractivity contribution in [1.29, 1.82) is 0 Å². The van der Waals surface area contributed by atoms with Gasteiger partial charge >= 0.3 is 0 Å². The first kappa shape index (κ1) is 14.4. The van der Waals surface area contributed by atoms with Gasteiger partial charge in [0.2, 0.25) is 0 Å². The molecule has 3 rings (SSSR count). The number of benzene rings is 2. The molecular formula is C17H14N2O2S. The number of aromatic hydroxyl groups is 1. The van der Waals surface area contributed by atoms with Gasteiger partial charge in [0.15, 0.2) is 5.17 Å². The zero-order valence-corrected chi connectivity index (χ0v) is 12.7. The van der Waals surface area contributed by atoms with E-state index in [2.05, 4.69) is 10.3 Å². The lowest BCUT2D eigenvalue weighted by Gasteiger charge is -1.96. The largest absolute Gasteiger partial charge is 0.508 e. The van der Waals surface area contributed by atoms with E-state index in [1.54, 1.807) is 24.3 Å². The Bertz CT molecular complexity index is 762. The Morgan fingerprint density at radius 2 is 1.77 bits per heavy atom. The van der Waals surface area contributed by atoms with E-state index in [-0.39, 0.29) is 11.7 Å². The molecule has 2 aromatic rings. The molecule has 110 valence electrons. The van der Waals surface area contributed by atoms with Crippen molar-refractivity contribution in [2.75, 3.05) is 0 Å². The fourth-order valence-corrected chi connectivity index (χ4v) is 2.78. The average molecular weight is 310 g/mol. The highest BCUT2D eigenvalue weighted by Gasteiger charge is 2.23. The summed E-state index contributed by atoms with van der Waals surface area (Å²) in [5.41, 5.74) is 2.84. The van der Waals surface area contributed by atoms with Crippen molar-refractivity contribution in [3.05, 3.63) is 64.6 Å². The summed E-state index contributed by atoms with van der Waals surface area (Å²) in [4.78, 5) is 16.9. The van der Waals surface area contributed by atoms with Crippen LogP contribution in [0.1, 0.15) is 11.1 Å². The summed E-state index contributed by atoms with van der Waals surface area (Å²) in [6, 6.07) is 14.5. The van der Waals surface area contributed by atoms with E-state index < -0.39 is 0 Å². The second kappa shape index (κ2) is 6.07. The van der Waals surface area contributed by atoms with Gasteiger partial charge in [0.25, 0.3) is 5.91 Å². The van der Waals surface area contributed by atoms with Crippen LogP contribution < -0.4 is 5.32 Å². The van der Waals surface area contributed by atoms with E-state index >= 15 is 0 Å². The molecule has 2 aromatic carbocycles. The summed E-state index contributed by atoms with van der Waals surface area (Å²) < 4.78 is 0. The lowest BCUT2D eigenvalue weighted by molar-refractivity contribution is -0.115. The molecule has 2 N–H and O–H groups in total. The number of carbonyl (C=O) groups is 1. The number of thioether (sulfide) groups is 1. The lowest BCUT2D eigenvalue weighted by atomic mass is 10.1. The molecule has 0 aliphatic carbocycles. The second-order valence-electron chi connectivity index (χ2n) is 4.91. The Morgan fingerprint density at radius 3 is 2.45 bits per heavy atom. The number of nitrogens with zero attached hydrogens (tertiary/aromatic N) is 1. The molecule has 1 amide bonds. The molecule has 0 aromatic heterocycles. The van der Waals surface area contributed by atoms with Crippen molar-refractivity contribution in [2.45, 2.75) is 6.92 Å². The zero-order chi connectivity index (χ0) is 15.5. The summed E-state index contributed by atoms with van der Waals surface area (Å²) in [5, 5.41) is 12.5. The molecule has 1 saturated heterocycles. The van der Waals surface area contributed by atoms with E-state index in [4.69, 9.17) is 0 Å². The molecule has 5 heteroatoms. The number of aryl methyl sites for hydroxylation is 1. The van der Waals surface area contributed by atoms with Crippen molar-refractivity contribution in [2.24, 2.45) is 4.99 Å². The van der Waals surface area contributed by atoms with E-state index in [0.717, 1.165) is 5.56 Å². The predicted octanol–water partition coefficient (Wildman–Crippen LogP) is 3.59. The van der Waals surface area contributed by atoms with Crippen LogP contribution in [0.15, 0.2) is 58.4 Å².